The number of rotatable bonds is 5. The fraction of sp³-hybridized carbons (Fsp3) is 0.300. The lowest BCUT2D eigenvalue weighted by molar-refractivity contribution is 0.572. The summed E-state index contributed by atoms with van der Waals surface area (Å²) in [5.74, 6) is 1.46. The summed E-state index contributed by atoms with van der Waals surface area (Å²) in [7, 11) is -3.81. The largest absolute Gasteiger partial charge is 0.335 e. The Kier molecular flexibility index (Phi) is 4.89. The van der Waals surface area contributed by atoms with Crippen molar-refractivity contribution in [1.29, 1.82) is 0 Å². The second-order valence-electron chi connectivity index (χ2n) is 7.26. The minimum absolute atomic E-state index is 0.145. The maximum atomic E-state index is 13.3. The van der Waals surface area contributed by atoms with Gasteiger partial charge >= 0.3 is 0 Å². The number of hydrogen-bond donors (Lipinski definition) is 0. The molecule has 0 unspecified atom stereocenters. The number of nitrogens with zero attached hydrogens (tertiary/aromatic N) is 4. The monoisotopic (exact) mass is 416 g/mol. The average molecular weight is 417 g/mol. The van der Waals surface area contributed by atoms with Gasteiger partial charge in [0.15, 0.2) is 11.6 Å². The van der Waals surface area contributed by atoms with Crippen molar-refractivity contribution in [2.24, 2.45) is 5.92 Å². The number of aromatic nitrogens is 2. The van der Waals surface area contributed by atoms with Gasteiger partial charge in [0.1, 0.15) is 6.67 Å². The summed E-state index contributed by atoms with van der Waals surface area (Å²) >= 11 is 6.03. The molecule has 0 spiro atoms. The van der Waals surface area contributed by atoms with Crippen molar-refractivity contribution in [3.05, 3.63) is 53.6 Å². The zero-order valence-corrected chi connectivity index (χ0v) is 17.3. The van der Waals surface area contributed by atoms with Gasteiger partial charge in [-0.1, -0.05) is 43.6 Å². The third-order valence-corrected chi connectivity index (χ3v) is 6.68. The van der Waals surface area contributed by atoms with Crippen LogP contribution in [0.2, 0.25) is 5.02 Å². The van der Waals surface area contributed by atoms with Crippen LogP contribution in [0.4, 0.5) is 11.6 Å². The summed E-state index contributed by atoms with van der Waals surface area (Å²) in [6, 6.07) is 13.8. The van der Waals surface area contributed by atoms with Crippen molar-refractivity contribution in [1.82, 2.24) is 9.97 Å². The van der Waals surface area contributed by atoms with Gasteiger partial charge < -0.3 is 4.90 Å². The molecule has 2 aromatic carbocycles. The zero-order valence-electron chi connectivity index (χ0n) is 15.7. The van der Waals surface area contributed by atoms with Crippen LogP contribution in [0.1, 0.15) is 20.3 Å². The standard InChI is InChI=1S/C20H21ClN4O2S/c1-14(2)10-11-24-13-25(28(26,27)16-7-5-6-15(21)12-16)20-19(24)22-17-8-3-4-9-18(17)23-20/h3-9,12,14H,10-11,13H2,1-2H3. The van der Waals surface area contributed by atoms with Crippen LogP contribution in [0.15, 0.2) is 53.4 Å². The van der Waals surface area contributed by atoms with E-state index in [-0.39, 0.29) is 11.6 Å². The second-order valence-corrected chi connectivity index (χ2v) is 9.56. The number of hydrogen-bond acceptors (Lipinski definition) is 5. The molecular weight excluding hydrogens is 396 g/mol. The van der Waals surface area contributed by atoms with Gasteiger partial charge in [-0.05, 0) is 42.7 Å². The van der Waals surface area contributed by atoms with Gasteiger partial charge in [-0.2, -0.15) is 0 Å². The van der Waals surface area contributed by atoms with Crippen molar-refractivity contribution < 1.29 is 8.42 Å². The third-order valence-electron chi connectivity index (χ3n) is 4.73. The number of anilines is 2. The van der Waals surface area contributed by atoms with Crippen molar-refractivity contribution in [3.63, 3.8) is 0 Å². The molecule has 2 heterocycles. The Labute approximate surface area is 169 Å². The van der Waals surface area contributed by atoms with Crippen LogP contribution >= 0.6 is 11.6 Å². The molecule has 3 aromatic rings. The van der Waals surface area contributed by atoms with Gasteiger partial charge in [0.25, 0.3) is 10.0 Å². The highest BCUT2D eigenvalue weighted by molar-refractivity contribution is 7.92. The van der Waals surface area contributed by atoms with E-state index in [1.165, 1.54) is 10.4 Å². The average Bonchev–Trinajstić information content (AvgIpc) is 3.03. The van der Waals surface area contributed by atoms with Gasteiger partial charge in [0.05, 0.1) is 15.9 Å². The number of fused-ring (bicyclic) bond motifs is 2. The van der Waals surface area contributed by atoms with E-state index in [2.05, 4.69) is 18.8 Å². The van der Waals surface area contributed by atoms with Crippen molar-refractivity contribution in [2.75, 3.05) is 22.4 Å². The summed E-state index contributed by atoms with van der Waals surface area (Å²) in [6.07, 6.45) is 0.930. The highest BCUT2D eigenvalue weighted by atomic mass is 35.5. The fourth-order valence-corrected chi connectivity index (χ4v) is 4.86. The van der Waals surface area contributed by atoms with Crippen LogP contribution in [0.25, 0.3) is 11.0 Å². The molecule has 0 saturated heterocycles. The minimum Gasteiger partial charge on any atom is -0.335 e. The molecular formula is C20H21ClN4O2S. The molecule has 0 aliphatic carbocycles. The van der Waals surface area contributed by atoms with Crippen LogP contribution in [0.3, 0.4) is 0 Å². The Balaban J connectivity index is 1.82. The minimum atomic E-state index is -3.81. The third kappa shape index (κ3) is 3.40. The molecule has 1 aliphatic heterocycles. The van der Waals surface area contributed by atoms with Crippen LogP contribution in [-0.2, 0) is 10.0 Å². The highest BCUT2D eigenvalue weighted by Gasteiger charge is 2.37. The molecule has 28 heavy (non-hydrogen) atoms. The van der Waals surface area contributed by atoms with E-state index in [4.69, 9.17) is 16.6 Å². The first-order valence-corrected chi connectivity index (χ1v) is 11.0. The SMILES string of the molecule is CC(C)CCN1CN(S(=O)(=O)c2cccc(Cl)c2)c2nc3ccccc3nc21. The Hall–Kier alpha value is -2.38. The van der Waals surface area contributed by atoms with Gasteiger partial charge in [-0.3, -0.25) is 0 Å². The molecule has 146 valence electrons. The van der Waals surface area contributed by atoms with E-state index >= 15 is 0 Å². The molecule has 8 heteroatoms. The molecule has 0 fully saturated rings. The van der Waals surface area contributed by atoms with E-state index in [1.54, 1.807) is 18.2 Å². The fourth-order valence-electron chi connectivity index (χ4n) is 3.19. The van der Waals surface area contributed by atoms with Crippen LogP contribution in [0, 0.1) is 5.92 Å². The van der Waals surface area contributed by atoms with E-state index < -0.39 is 10.0 Å². The van der Waals surface area contributed by atoms with E-state index in [0.717, 1.165) is 11.9 Å². The van der Waals surface area contributed by atoms with Gasteiger partial charge in [0, 0.05) is 11.6 Å². The van der Waals surface area contributed by atoms with E-state index in [1.807, 2.05) is 29.2 Å². The zero-order chi connectivity index (χ0) is 19.9. The second kappa shape index (κ2) is 7.22. The van der Waals surface area contributed by atoms with Crippen LogP contribution in [-0.4, -0.2) is 31.6 Å². The molecule has 6 nitrogen and oxygen atoms in total. The molecule has 0 bridgehead atoms. The molecule has 0 saturated carbocycles. The number of para-hydroxylation sites is 2. The van der Waals surface area contributed by atoms with Gasteiger partial charge in [0.2, 0.25) is 0 Å². The normalized spacial score (nSPS) is 14.1. The maximum absolute atomic E-state index is 13.3. The Morgan fingerprint density at radius 1 is 1.04 bits per heavy atom. The Morgan fingerprint density at radius 2 is 1.71 bits per heavy atom. The Morgan fingerprint density at radius 3 is 2.36 bits per heavy atom. The first-order valence-electron chi connectivity index (χ1n) is 9.16. The summed E-state index contributed by atoms with van der Waals surface area (Å²) < 4.78 is 28.0. The maximum Gasteiger partial charge on any atom is 0.267 e. The Bertz CT molecular complexity index is 1130. The summed E-state index contributed by atoms with van der Waals surface area (Å²) in [6.45, 7) is 5.18. The molecule has 0 N–H and O–H groups in total. The summed E-state index contributed by atoms with van der Waals surface area (Å²) in [5.41, 5.74) is 1.41. The summed E-state index contributed by atoms with van der Waals surface area (Å²) in [5, 5.41) is 0.377. The lowest BCUT2D eigenvalue weighted by Crippen LogP contribution is -2.36. The number of sulfonamides is 1. The van der Waals surface area contributed by atoms with Crippen LogP contribution in [0.5, 0.6) is 0 Å². The molecule has 1 aromatic heterocycles. The summed E-state index contributed by atoms with van der Waals surface area (Å²) in [4.78, 5) is 11.5. The first-order chi connectivity index (χ1) is 13.4. The molecule has 0 atom stereocenters. The van der Waals surface area contributed by atoms with Gasteiger partial charge in [-0.25, -0.2) is 22.7 Å². The lowest BCUT2D eigenvalue weighted by Gasteiger charge is -2.21. The molecule has 0 amide bonds. The topological polar surface area (TPSA) is 66.4 Å². The highest BCUT2D eigenvalue weighted by Crippen LogP contribution is 2.38. The quantitative estimate of drug-likeness (QED) is 0.620. The smallest absolute Gasteiger partial charge is 0.267 e. The molecule has 0 radical (unpaired) electrons. The predicted octanol–water partition coefficient (Wildman–Crippen LogP) is 4.30. The van der Waals surface area contributed by atoms with Crippen LogP contribution < -0.4 is 9.21 Å². The lowest BCUT2D eigenvalue weighted by atomic mass is 10.1. The van der Waals surface area contributed by atoms with Crippen molar-refractivity contribution in [2.45, 2.75) is 25.2 Å². The first kappa shape index (κ1) is 19.0. The molecule has 4 rings (SSSR count). The van der Waals surface area contributed by atoms with Crippen molar-refractivity contribution >= 4 is 44.3 Å². The number of benzene rings is 2. The van der Waals surface area contributed by atoms with Crippen molar-refractivity contribution in [3.8, 4) is 0 Å². The number of halogens is 1. The predicted molar refractivity (Wildman–Crippen MR) is 112 cm³/mol. The van der Waals surface area contributed by atoms with E-state index in [0.29, 0.717) is 34.6 Å². The van der Waals surface area contributed by atoms with Gasteiger partial charge in [-0.15, -0.1) is 0 Å². The molecule has 1 aliphatic rings. The van der Waals surface area contributed by atoms with E-state index in [9.17, 15) is 8.42 Å².